The summed E-state index contributed by atoms with van der Waals surface area (Å²) in [6, 6.07) is 6.97. The molecule has 0 aliphatic rings. The lowest BCUT2D eigenvalue weighted by Crippen LogP contribution is -2.31. The second-order valence-electron chi connectivity index (χ2n) is 4.77. The van der Waals surface area contributed by atoms with Crippen molar-refractivity contribution in [2.45, 2.75) is 26.2 Å². The monoisotopic (exact) mass is 384 g/mol. The molecular formula is C16H21BrN2O4. The molecule has 1 aromatic rings. The van der Waals surface area contributed by atoms with E-state index in [4.69, 9.17) is 4.74 Å². The van der Waals surface area contributed by atoms with Gasteiger partial charge in [0.2, 0.25) is 5.91 Å². The van der Waals surface area contributed by atoms with E-state index < -0.39 is 0 Å². The van der Waals surface area contributed by atoms with Crippen LogP contribution < -0.4 is 10.6 Å². The Morgan fingerprint density at radius 1 is 1.04 bits per heavy atom. The zero-order chi connectivity index (χ0) is 17.1. The van der Waals surface area contributed by atoms with Gasteiger partial charge < -0.3 is 15.4 Å². The summed E-state index contributed by atoms with van der Waals surface area (Å²) in [5.41, 5.74) is 0.544. The van der Waals surface area contributed by atoms with E-state index in [1.165, 1.54) is 0 Å². The molecule has 0 bridgehead atoms. The molecule has 126 valence electrons. The van der Waals surface area contributed by atoms with Crippen molar-refractivity contribution < 1.29 is 19.1 Å². The first-order valence-corrected chi connectivity index (χ1v) is 8.28. The van der Waals surface area contributed by atoms with E-state index >= 15 is 0 Å². The van der Waals surface area contributed by atoms with Gasteiger partial charge >= 0.3 is 5.97 Å². The minimum absolute atomic E-state index is 0.162. The molecule has 1 rings (SSSR count). The zero-order valence-electron chi connectivity index (χ0n) is 13.1. The summed E-state index contributed by atoms with van der Waals surface area (Å²) < 4.78 is 5.69. The van der Waals surface area contributed by atoms with Gasteiger partial charge in [-0.2, -0.15) is 0 Å². The topological polar surface area (TPSA) is 84.5 Å². The fourth-order valence-electron chi connectivity index (χ4n) is 1.77. The number of rotatable bonds is 9. The number of hydrogen-bond acceptors (Lipinski definition) is 4. The lowest BCUT2D eigenvalue weighted by molar-refractivity contribution is -0.143. The van der Waals surface area contributed by atoms with E-state index in [9.17, 15) is 14.4 Å². The minimum atomic E-state index is -0.261. The average molecular weight is 385 g/mol. The van der Waals surface area contributed by atoms with E-state index in [2.05, 4.69) is 26.6 Å². The van der Waals surface area contributed by atoms with E-state index in [0.717, 1.165) is 4.47 Å². The molecule has 0 fully saturated rings. The maximum atomic E-state index is 11.8. The Kier molecular flexibility index (Phi) is 8.97. The predicted molar refractivity (Wildman–Crippen MR) is 90.0 cm³/mol. The van der Waals surface area contributed by atoms with E-state index in [1.54, 1.807) is 31.2 Å². The molecule has 0 saturated heterocycles. The largest absolute Gasteiger partial charge is 0.466 e. The average Bonchev–Trinajstić information content (AvgIpc) is 2.52. The zero-order valence-corrected chi connectivity index (χ0v) is 14.6. The second kappa shape index (κ2) is 10.8. The Morgan fingerprint density at radius 3 is 2.39 bits per heavy atom. The molecule has 0 atom stereocenters. The molecule has 7 heteroatoms. The van der Waals surface area contributed by atoms with Crippen molar-refractivity contribution in [3.05, 3.63) is 34.3 Å². The third kappa shape index (κ3) is 8.35. The number of nitrogens with one attached hydrogen (secondary N) is 2. The Bertz CT molecular complexity index is 531. The molecule has 0 unspecified atom stereocenters. The first kappa shape index (κ1) is 19.2. The van der Waals surface area contributed by atoms with Crippen molar-refractivity contribution in [1.29, 1.82) is 0 Å². The number of carbonyl (C=O) groups is 3. The number of benzene rings is 1. The third-order valence-electron chi connectivity index (χ3n) is 2.93. The SMILES string of the molecule is CCOC(=O)CCCNC(=O)CCNC(=O)c1ccc(Br)cc1. The lowest BCUT2D eigenvalue weighted by Gasteiger charge is -2.07. The van der Waals surface area contributed by atoms with Crippen molar-refractivity contribution >= 4 is 33.7 Å². The maximum absolute atomic E-state index is 11.8. The third-order valence-corrected chi connectivity index (χ3v) is 3.46. The van der Waals surface area contributed by atoms with Gasteiger partial charge in [0.25, 0.3) is 5.91 Å². The van der Waals surface area contributed by atoms with Gasteiger partial charge in [0.05, 0.1) is 6.61 Å². The first-order chi connectivity index (χ1) is 11.0. The van der Waals surface area contributed by atoms with E-state index in [-0.39, 0.29) is 37.2 Å². The molecule has 6 nitrogen and oxygen atoms in total. The van der Waals surface area contributed by atoms with Crippen LogP contribution in [0.25, 0.3) is 0 Å². The fourth-order valence-corrected chi connectivity index (χ4v) is 2.04. The standard InChI is InChI=1S/C16H21BrN2O4/c1-2-23-15(21)4-3-10-18-14(20)9-11-19-16(22)12-5-7-13(17)8-6-12/h5-8H,2-4,9-11H2,1H3,(H,18,20)(H,19,22). The van der Waals surface area contributed by atoms with Crippen LogP contribution in [0.4, 0.5) is 0 Å². The molecule has 1 aromatic carbocycles. The highest BCUT2D eigenvalue weighted by atomic mass is 79.9. The summed E-state index contributed by atoms with van der Waals surface area (Å²) in [5.74, 6) is -0.638. The van der Waals surface area contributed by atoms with Crippen LogP contribution in [0.2, 0.25) is 0 Å². The van der Waals surface area contributed by atoms with Crippen molar-refractivity contribution in [2.75, 3.05) is 19.7 Å². The van der Waals surface area contributed by atoms with Crippen LogP contribution in [0.15, 0.2) is 28.7 Å². The fraction of sp³-hybridized carbons (Fsp3) is 0.438. The van der Waals surface area contributed by atoms with Gasteiger partial charge in [0.1, 0.15) is 0 Å². The smallest absolute Gasteiger partial charge is 0.305 e. The molecule has 2 amide bonds. The Labute approximate surface area is 144 Å². The number of amides is 2. The van der Waals surface area contributed by atoms with Crippen LogP contribution in [0.3, 0.4) is 0 Å². The molecule has 0 spiro atoms. The van der Waals surface area contributed by atoms with Crippen LogP contribution in [-0.2, 0) is 14.3 Å². The van der Waals surface area contributed by atoms with Crippen LogP contribution >= 0.6 is 15.9 Å². The maximum Gasteiger partial charge on any atom is 0.305 e. The summed E-state index contributed by atoms with van der Waals surface area (Å²) in [6.45, 7) is 2.79. The molecule has 0 heterocycles. The van der Waals surface area contributed by atoms with Gasteiger partial charge in [-0.1, -0.05) is 15.9 Å². The number of carbonyl (C=O) groups excluding carboxylic acids is 3. The molecule has 0 aliphatic heterocycles. The summed E-state index contributed by atoms with van der Waals surface area (Å²) in [7, 11) is 0. The van der Waals surface area contributed by atoms with Gasteiger partial charge in [0.15, 0.2) is 0 Å². The number of halogens is 1. The van der Waals surface area contributed by atoms with E-state index in [0.29, 0.717) is 25.1 Å². The molecule has 0 saturated carbocycles. The van der Waals surface area contributed by atoms with Crippen molar-refractivity contribution in [3.8, 4) is 0 Å². The number of esters is 1. The molecule has 0 aromatic heterocycles. The Balaban J connectivity index is 2.13. The Hall–Kier alpha value is -1.89. The van der Waals surface area contributed by atoms with Gasteiger partial charge in [-0.05, 0) is 37.6 Å². The van der Waals surface area contributed by atoms with Gasteiger partial charge in [-0.3, -0.25) is 14.4 Å². The second-order valence-corrected chi connectivity index (χ2v) is 5.69. The van der Waals surface area contributed by atoms with Crippen LogP contribution in [0.5, 0.6) is 0 Å². The summed E-state index contributed by atoms with van der Waals surface area (Å²) in [6.07, 6.45) is 1.02. The molecule has 0 aliphatic carbocycles. The van der Waals surface area contributed by atoms with Crippen LogP contribution in [-0.4, -0.2) is 37.5 Å². The highest BCUT2D eigenvalue weighted by Crippen LogP contribution is 2.10. The molecule has 2 N–H and O–H groups in total. The summed E-state index contributed by atoms with van der Waals surface area (Å²) >= 11 is 3.30. The predicted octanol–water partition coefficient (Wildman–Crippen LogP) is 2.03. The van der Waals surface area contributed by atoms with Gasteiger partial charge in [-0.25, -0.2) is 0 Å². The summed E-state index contributed by atoms with van der Waals surface area (Å²) in [4.78, 5) is 34.5. The highest BCUT2D eigenvalue weighted by Gasteiger charge is 2.07. The number of ether oxygens (including phenoxy) is 1. The van der Waals surface area contributed by atoms with Crippen molar-refractivity contribution in [1.82, 2.24) is 10.6 Å². The Morgan fingerprint density at radius 2 is 1.74 bits per heavy atom. The van der Waals surface area contributed by atoms with E-state index in [1.807, 2.05) is 0 Å². The minimum Gasteiger partial charge on any atom is -0.466 e. The van der Waals surface area contributed by atoms with Crippen LogP contribution in [0.1, 0.15) is 36.5 Å². The summed E-state index contributed by atoms with van der Waals surface area (Å²) in [5, 5.41) is 5.38. The number of hydrogen-bond donors (Lipinski definition) is 2. The highest BCUT2D eigenvalue weighted by molar-refractivity contribution is 9.10. The first-order valence-electron chi connectivity index (χ1n) is 7.49. The quantitative estimate of drug-likeness (QED) is 0.503. The molecular weight excluding hydrogens is 364 g/mol. The lowest BCUT2D eigenvalue weighted by atomic mass is 10.2. The van der Waals surface area contributed by atoms with Gasteiger partial charge in [0, 0.05) is 36.0 Å². The molecule has 23 heavy (non-hydrogen) atoms. The van der Waals surface area contributed by atoms with Crippen LogP contribution in [0, 0.1) is 0 Å². The normalized spacial score (nSPS) is 10.0. The van der Waals surface area contributed by atoms with Crippen molar-refractivity contribution in [3.63, 3.8) is 0 Å². The molecule has 0 radical (unpaired) electrons. The van der Waals surface area contributed by atoms with Crippen molar-refractivity contribution in [2.24, 2.45) is 0 Å². The van der Waals surface area contributed by atoms with Gasteiger partial charge in [-0.15, -0.1) is 0 Å².